The second-order valence-corrected chi connectivity index (χ2v) is 5.17. The highest BCUT2D eigenvalue weighted by Gasteiger charge is 2.17. The molecule has 2 aliphatic rings. The van der Waals surface area contributed by atoms with E-state index < -0.39 is 0 Å². The molecule has 0 N–H and O–H groups in total. The highest BCUT2D eigenvalue weighted by Crippen LogP contribution is 2.27. The summed E-state index contributed by atoms with van der Waals surface area (Å²) in [7, 11) is 2.20. The van der Waals surface area contributed by atoms with Crippen molar-refractivity contribution >= 4 is 5.69 Å². The Labute approximate surface area is 97.9 Å². The van der Waals surface area contributed by atoms with Crippen molar-refractivity contribution in [1.29, 1.82) is 0 Å². The van der Waals surface area contributed by atoms with E-state index in [1.54, 1.807) is 0 Å². The number of hydrogen-bond donors (Lipinski definition) is 0. The first kappa shape index (κ1) is 10.2. The average Bonchev–Trinajstić information content (AvgIpc) is 2.69. The molecule has 0 bridgehead atoms. The van der Waals surface area contributed by atoms with Gasteiger partial charge in [-0.3, -0.25) is 4.90 Å². The number of nitrogens with zero attached hydrogens (tertiary/aromatic N) is 2. The van der Waals surface area contributed by atoms with Crippen LogP contribution in [0.25, 0.3) is 0 Å². The van der Waals surface area contributed by atoms with Gasteiger partial charge in [-0.25, -0.2) is 0 Å². The Morgan fingerprint density at radius 2 is 1.69 bits per heavy atom. The predicted octanol–water partition coefficient (Wildman–Crippen LogP) is 2.62. The summed E-state index contributed by atoms with van der Waals surface area (Å²) in [6, 6.07) is 7.04. The Kier molecular flexibility index (Phi) is 2.60. The zero-order valence-corrected chi connectivity index (χ0v) is 10.1. The zero-order valence-electron chi connectivity index (χ0n) is 10.1. The maximum Gasteiger partial charge on any atom is 0.0369 e. The maximum absolute atomic E-state index is 2.54. The minimum atomic E-state index is 1.12. The van der Waals surface area contributed by atoms with Crippen molar-refractivity contribution in [3.05, 3.63) is 29.3 Å². The van der Waals surface area contributed by atoms with E-state index in [4.69, 9.17) is 0 Å². The van der Waals surface area contributed by atoms with Crippen molar-refractivity contribution in [2.45, 2.75) is 32.4 Å². The highest BCUT2D eigenvalue weighted by molar-refractivity contribution is 5.52. The topological polar surface area (TPSA) is 6.48 Å². The first-order valence-electron chi connectivity index (χ1n) is 6.38. The second kappa shape index (κ2) is 4.10. The van der Waals surface area contributed by atoms with Crippen molar-refractivity contribution < 1.29 is 0 Å². The summed E-state index contributed by atoms with van der Waals surface area (Å²) in [4.78, 5) is 4.92. The molecule has 0 saturated carbocycles. The molecule has 3 rings (SSSR count). The monoisotopic (exact) mass is 216 g/mol. The molecule has 16 heavy (non-hydrogen) atoms. The molecule has 86 valence electrons. The van der Waals surface area contributed by atoms with Gasteiger partial charge in [-0.15, -0.1) is 0 Å². The standard InChI is InChI=1S/C14H20N2/c1-15-10-12-5-6-14(9-13(12)11-15)16-7-3-2-4-8-16/h5-6,9H,2-4,7-8,10-11H2,1H3. The van der Waals surface area contributed by atoms with Gasteiger partial charge in [-0.1, -0.05) is 6.07 Å². The van der Waals surface area contributed by atoms with Crippen LogP contribution in [0.3, 0.4) is 0 Å². The molecular weight excluding hydrogens is 196 g/mol. The van der Waals surface area contributed by atoms with Crippen LogP contribution in [-0.2, 0) is 13.1 Å². The van der Waals surface area contributed by atoms with Crippen LogP contribution in [0.1, 0.15) is 30.4 Å². The summed E-state index contributed by atoms with van der Waals surface area (Å²) in [5.74, 6) is 0. The van der Waals surface area contributed by atoms with E-state index in [0.717, 1.165) is 13.1 Å². The second-order valence-electron chi connectivity index (χ2n) is 5.17. The van der Waals surface area contributed by atoms with Gasteiger partial charge in [-0.2, -0.15) is 0 Å². The first-order valence-corrected chi connectivity index (χ1v) is 6.38. The predicted molar refractivity (Wildman–Crippen MR) is 67.7 cm³/mol. The van der Waals surface area contributed by atoms with Crippen LogP contribution in [0.15, 0.2) is 18.2 Å². The van der Waals surface area contributed by atoms with Crippen molar-refractivity contribution in [2.24, 2.45) is 0 Å². The molecule has 1 aromatic carbocycles. The fourth-order valence-corrected chi connectivity index (χ4v) is 2.90. The molecule has 2 heterocycles. The lowest BCUT2D eigenvalue weighted by Gasteiger charge is -2.29. The third-order valence-electron chi connectivity index (χ3n) is 3.79. The lowest BCUT2D eigenvalue weighted by molar-refractivity contribution is 0.353. The first-order chi connectivity index (χ1) is 7.83. The molecule has 1 aromatic rings. The van der Waals surface area contributed by atoms with E-state index in [-0.39, 0.29) is 0 Å². The summed E-state index contributed by atoms with van der Waals surface area (Å²) >= 11 is 0. The quantitative estimate of drug-likeness (QED) is 0.712. The van der Waals surface area contributed by atoms with Gasteiger partial charge in [0.05, 0.1) is 0 Å². The molecule has 1 fully saturated rings. The number of piperidine rings is 1. The van der Waals surface area contributed by atoms with Crippen molar-refractivity contribution in [3.8, 4) is 0 Å². The van der Waals surface area contributed by atoms with Crippen LogP contribution in [0.5, 0.6) is 0 Å². The molecule has 1 saturated heterocycles. The fourth-order valence-electron chi connectivity index (χ4n) is 2.90. The van der Waals surface area contributed by atoms with Gasteiger partial charge in [0.1, 0.15) is 0 Å². The van der Waals surface area contributed by atoms with Crippen LogP contribution >= 0.6 is 0 Å². The van der Waals surface area contributed by atoms with E-state index in [2.05, 4.69) is 35.0 Å². The maximum atomic E-state index is 2.54. The minimum absolute atomic E-state index is 1.12. The highest BCUT2D eigenvalue weighted by atomic mass is 15.1. The molecule has 0 aliphatic carbocycles. The van der Waals surface area contributed by atoms with E-state index in [9.17, 15) is 0 Å². The Hall–Kier alpha value is -1.02. The van der Waals surface area contributed by atoms with Gasteiger partial charge < -0.3 is 4.90 Å². The van der Waals surface area contributed by atoms with Gasteiger partial charge >= 0.3 is 0 Å². The zero-order chi connectivity index (χ0) is 11.0. The smallest absolute Gasteiger partial charge is 0.0369 e. The molecule has 0 unspecified atom stereocenters. The van der Waals surface area contributed by atoms with Gasteiger partial charge in [0, 0.05) is 31.9 Å². The van der Waals surface area contributed by atoms with Crippen molar-refractivity contribution in [2.75, 3.05) is 25.0 Å². The number of benzene rings is 1. The summed E-state index contributed by atoms with van der Waals surface area (Å²) < 4.78 is 0. The number of anilines is 1. The Bertz CT molecular complexity index is 380. The van der Waals surface area contributed by atoms with E-state index in [1.165, 1.54) is 49.2 Å². The van der Waals surface area contributed by atoms with Crippen LogP contribution in [0.4, 0.5) is 5.69 Å². The number of hydrogen-bond acceptors (Lipinski definition) is 2. The van der Waals surface area contributed by atoms with Gasteiger partial charge in [0.15, 0.2) is 0 Å². The molecular formula is C14H20N2. The van der Waals surface area contributed by atoms with Crippen LogP contribution in [-0.4, -0.2) is 25.0 Å². The third kappa shape index (κ3) is 1.82. The molecule has 2 aliphatic heterocycles. The Balaban J connectivity index is 1.84. The molecule has 2 nitrogen and oxygen atoms in total. The SMILES string of the molecule is CN1Cc2ccc(N3CCCCC3)cc2C1. The average molecular weight is 216 g/mol. The molecule has 0 aromatic heterocycles. The Morgan fingerprint density at radius 1 is 0.938 bits per heavy atom. The molecule has 2 heteroatoms. The molecule has 0 radical (unpaired) electrons. The van der Waals surface area contributed by atoms with Gasteiger partial charge in [-0.05, 0) is 49.6 Å². The molecule has 0 spiro atoms. The molecule has 0 atom stereocenters. The van der Waals surface area contributed by atoms with Crippen molar-refractivity contribution in [3.63, 3.8) is 0 Å². The molecule has 0 amide bonds. The summed E-state index contributed by atoms with van der Waals surface area (Å²) in [5.41, 5.74) is 4.49. The number of rotatable bonds is 1. The van der Waals surface area contributed by atoms with Gasteiger partial charge in [0.2, 0.25) is 0 Å². The largest absolute Gasteiger partial charge is 0.372 e. The van der Waals surface area contributed by atoms with Crippen LogP contribution < -0.4 is 4.90 Å². The third-order valence-corrected chi connectivity index (χ3v) is 3.79. The van der Waals surface area contributed by atoms with Crippen LogP contribution in [0.2, 0.25) is 0 Å². The fraction of sp³-hybridized carbons (Fsp3) is 0.571. The van der Waals surface area contributed by atoms with Crippen molar-refractivity contribution in [1.82, 2.24) is 4.90 Å². The number of fused-ring (bicyclic) bond motifs is 1. The Morgan fingerprint density at radius 3 is 2.50 bits per heavy atom. The lowest BCUT2D eigenvalue weighted by atomic mass is 10.1. The lowest BCUT2D eigenvalue weighted by Crippen LogP contribution is -2.29. The van der Waals surface area contributed by atoms with E-state index in [0.29, 0.717) is 0 Å². The van der Waals surface area contributed by atoms with E-state index >= 15 is 0 Å². The summed E-state index contributed by atoms with van der Waals surface area (Å²) in [6.45, 7) is 4.73. The summed E-state index contributed by atoms with van der Waals surface area (Å²) in [5, 5.41) is 0. The van der Waals surface area contributed by atoms with E-state index in [1.807, 2.05) is 0 Å². The van der Waals surface area contributed by atoms with Crippen LogP contribution in [0, 0.1) is 0 Å². The van der Waals surface area contributed by atoms with Gasteiger partial charge in [0.25, 0.3) is 0 Å². The summed E-state index contributed by atoms with van der Waals surface area (Å²) in [6.07, 6.45) is 4.12. The minimum Gasteiger partial charge on any atom is -0.372 e. The normalized spacial score (nSPS) is 21.2.